The van der Waals surface area contributed by atoms with Gasteiger partial charge in [0.1, 0.15) is 5.69 Å². The molecule has 20 heavy (non-hydrogen) atoms. The van der Waals surface area contributed by atoms with Crippen molar-refractivity contribution in [3.8, 4) is 0 Å². The standard InChI is InChI=1S/C12H9F3N4O/c1-19-11-8(9(20)10(18-19)12(13,14)15)16-6-4-2-3-5-7(6)17-11/h2-5,16-17H,1H3. The van der Waals surface area contributed by atoms with E-state index in [1.54, 1.807) is 24.3 Å². The lowest BCUT2D eigenvalue weighted by atomic mass is 10.2. The molecule has 0 spiro atoms. The van der Waals surface area contributed by atoms with Gasteiger partial charge in [-0.1, -0.05) is 12.1 Å². The molecule has 0 atom stereocenters. The number of nitrogens with one attached hydrogen (secondary N) is 2. The van der Waals surface area contributed by atoms with Crippen molar-refractivity contribution in [2.75, 3.05) is 10.6 Å². The van der Waals surface area contributed by atoms with Gasteiger partial charge in [-0.25, -0.2) is 4.68 Å². The van der Waals surface area contributed by atoms with Gasteiger partial charge in [-0.3, -0.25) is 4.79 Å². The Balaban J connectivity index is 2.22. The molecule has 1 aromatic carbocycles. The number of aryl methyl sites for hydroxylation is 1. The molecule has 1 aromatic heterocycles. The van der Waals surface area contributed by atoms with Gasteiger partial charge in [-0.05, 0) is 12.1 Å². The second-order valence-electron chi connectivity index (χ2n) is 4.32. The van der Waals surface area contributed by atoms with Gasteiger partial charge < -0.3 is 10.6 Å². The maximum atomic E-state index is 12.8. The number of benzene rings is 1. The summed E-state index contributed by atoms with van der Waals surface area (Å²) in [5.41, 5.74) is -1.57. The highest BCUT2D eigenvalue weighted by atomic mass is 19.4. The van der Waals surface area contributed by atoms with Gasteiger partial charge in [0.25, 0.3) is 0 Å². The number of hydrogen-bond donors (Lipinski definition) is 2. The second-order valence-corrected chi connectivity index (χ2v) is 4.32. The van der Waals surface area contributed by atoms with Crippen LogP contribution < -0.4 is 16.1 Å². The topological polar surface area (TPSA) is 59.0 Å². The Bertz CT molecular complexity index is 751. The van der Waals surface area contributed by atoms with Gasteiger partial charge in [0.2, 0.25) is 11.1 Å². The van der Waals surface area contributed by atoms with Crippen LogP contribution in [0.4, 0.5) is 36.1 Å². The zero-order chi connectivity index (χ0) is 14.5. The molecule has 0 saturated carbocycles. The maximum absolute atomic E-state index is 12.8. The fourth-order valence-corrected chi connectivity index (χ4v) is 2.04. The monoisotopic (exact) mass is 282 g/mol. The van der Waals surface area contributed by atoms with Crippen molar-refractivity contribution >= 4 is 22.9 Å². The first-order valence-corrected chi connectivity index (χ1v) is 5.69. The van der Waals surface area contributed by atoms with Crippen LogP contribution >= 0.6 is 0 Å². The largest absolute Gasteiger partial charge is 0.439 e. The first kappa shape index (κ1) is 12.5. The first-order chi connectivity index (χ1) is 9.38. The van der Waals surface area contributed by atoms with Crippen LogP contribution in [0.25, 0.3) is 0 Å². The van der Waals surface area contributed by atoms with Crippen molar-refractivity contribution in [1.29, 1.82) is 0 Å². The summed E-state index contributed by atoms with van der Waals surface area (Å²) in [4.78, 5) is 11.9. The molecule has 0 bridgehead atoms. The molecule has 3 rings (SSSR count). The predicted molar refractivity (Wildman–Crippen MR) is 67.5 cm³/mol. The third-order valence-electron chi connectivity index (χ3n) is 2.96. The molecule has 104 valence electrons. The Morgan fingerprint density at radius 1 is 1.15 bits per heavy atom. The molecule has 1 aliphatic rings. The van der Waals surface area contributed by atoms with E-state index < -0.39 is 17.3 Å². The molecular formula is C12H9F3N4O. The maximum Gasteiger partial charge on any atom is 0.439 e. The number of halogens is 3. The Labute approximate surface area is 111 Å². The molecular weight excluding hydrogens is 273 g/mol. The molecule has 0 saturated heterocycles. The smallest absolute Gasteiger partial charge is 0.348 e. The zero-order valence-corrected chi connectivity index (χ0v) is 10.2. The number of fused-ring (bicyclic) bond motifs is 2. The van der Waals surface area contributed by atoms with E-state index in [4.69, 9.17) is 0 Å². The van der Waals surface area contributed by atoms with Gasteiger partial charge in [0.15, 0.2) is 5.82 Å². The molecule has 2 aromatic rings. The molecule has 0 fully saturated rings. The van der Waals surface area contributed by atoms with Crippen molar-refractivity contribution in [1.82, 2.24) is 9.78 Å². The average Bonchev–Trinajstić information content (AvgIpc) is 2.40. The summed E-state index contributed by atoms with van der Waals surface area (Å²) in [6.45, 7) is 0. The summed E-state index contributed by atoms with van der Waals surface area (Å²) in [5.74, 6) is 0.196. The Morgan fingerprint density at radius 3 is 2.35 bits per heavy atom. The third kappa shape index (κ3) is 1.80. The van der Waals surface area contributed by atoms with Crippen molar-refractivity contribution in [3.63, 3.8) is 0 Å². The fraction of sp³-hybridized carbons (Fsp3) is 0.167. The number of para-hydroxylation sites is 2. The lowest BCUT2D eigenvalue weighted by Gasteiger charge is -2.24. The number of rotatable bonds is 0. The lowest BCUT2D eigenvalue weighted by Crippen LogP contribution is -2.29. The Kier molecular flexibility index (Phi) is 2.50. The fourth-order valence-electron chi connectivity index (χ4n) is 2.04. The lowest BCUT2D eigenvalue weighted by molar-refractivity contribution is -0.143. The van der Waals surface area contributed by atoms with Crippen LogP contribution in [0.5, 0.6) is 0 Å². The van der Waals surface area contributed by atoms with E-state index in [0.29, 0.717) is 11.4 Å². The summed E-state index contributed by atoms with van der Waals surface area (Å²) in [6, 6.07) is 6.90. The average molecular weight is 282 g/mol. The van der Waals surface area contributed by atoms with E-state index in [1.807, 2.05) is 0 Å². The molecule has 1 aliphatic heterocycles. The highest BCUT2D eigenvalue weighted by Crippen LogP contribution is 2.37. The molecule has 2 heterocycles. The zero-order valence-electron chi connectivity index (χ0n) is 10.2. The van der Waals surface area contributed by atoms with Gasteiger partial charge >= 0.3 is 6.18 Å². The molecule has 0 amide bonds. The van der Waals surface area contributed by atoms with Gasteiger partial charge in [-0.15, -0.1) is 0 Å². The normalized spacial score (nSPS) is 13.0. The summed E-state index contributed by atoms with van der Waals surface area (Å²) < 4.78 is 39.3. The van der Waals surface area contributed by atoms with Crippen LogP contribution in [-0.4, -0.2) is 9.78 Å². The minimum absolute atomic E-state index is 0.159. The number of hydrogen-bond acceptors (Lipinski definition) is 4. The van der Waals surface area contributed by atoms with Gasteiger partial charge in [0, 0.05) is 7.05 Å². The number of aromatic nitrogens is 2. The number of anilines is 4. The third-order valence-corrected chi connectivity index (χ3v) is 2.96. The minimum atomic E-state index is -4.79. The number of nitrogens with zero attached hydrogens (tertiary/aromatic N) is 2. The Hall–Kier alpha value is -2.51. The van der Waals surface area contributed by atoms with Crippen LogP contribution in [0.2, 0.25) is 0 Å². The van der Waals surface area contributed by atoms with E-state index in [-0.39, 0.29) is 11.5 Å². The van der Waals surface area contributed by atoms with Gasteiger partial charge in [0.05, 0.1) is 11.4 Å². The van der Waals surface area contributed by atoms with Crippen molar-refractivity contribution < 1.29 is 13.2 Å². The molecule has 2 N–H and O–H groups in total. The molecule has 0 aliphatic carbocycles. The van der Waals surface area contributed by atoms with E-state index in [2.05, 4.69) is 15.7 Å². The minimum Gasteiger partial charge on any atom is -0.348 e. The van der Waals surface area contributed by atoms with Crippen molar-refractivity contribution in [2.24, 2.45) is 7.05 Å². The van der Waals surface area contributed by atoms with E-state index >= 15 is 0 Å². The van der Waals surface area contributed by atoms with Crippen LogP contribution in [0.3, 0.4) is 0 Å². The number of alkyl halides is 3. The van der Waals surface area contributed by atoms with Gasteiger partial charge in [-0.2, -0.15) is 18.3 Å². The van der Waals surface area contributed by atoms with Crippen LogP contribution in [0, 0.1) is 0 Å². The van der Waals surface area contributed by atoms with Crippen LogP contribution in [0.1, 0.15) is 5.69 Å². The molecule has 5 nitrogen and oxygen atoms in total. The quantitative estimate of drug-likeness (QED) is 0.665. The van der Waals surface area contributed by atoms with Crippen molar-refractivity contribution in [3.05, 3.63) is 40.2 Å². The SMILES string of the molecule is Cn1nc(C(F)(F)F)c(=O)c2c1Nc1ccccc1N2. The summed E-state index contributed by atoms with van der Waals surface area (Å²) in [7, 11) is 1.34. The molecule has 0 unspecified atom stereocenters. The predicted octanol–water partition coefficient (Wildman–Crippen LogP) is 2.60. The van der Waals surface area contributed by atoms with E-state index in [9.17, 15) is 18.0 Å². The highest BCUT2D eigenvalue weighted by Gasteiger charge is 2.38. The summed E-state index contributed by atoms with van der Waals surface area (Å²) in [5, 5.41) is 8.93. The molecule has 8 heteroatoms. The van der Waals surface area contributed by atoms with E-state index in [0.717, 1.165) is 4.68 Å². The van der Waals surface area contributed by atoms with Crippen LogP contribution in [0.15, 0.2) is 29.1 Å². The van der Waals surface area contributed by atoms with E-state index in [1.165, 1.54) is 7.05 Å². The first-order valence-electron chi connectivity index (χ1n) is 5.69. The summed E-state index contributed by atoms with van der Waals surface area (Å²) in [6.07, 6.45) is -4.79. The van der Waals surface area contributed by atoms with Crippen molar-refractivity contribution in [2.45, 2.75) is 6.18 Å². The summed E-state index contributed by atoms with van der Waals surface area (Å²) >= 11 is 0. The Morgan fingerprint density at radius 2 is 1.75 bits per heavy atom. The highest BCUT2D eigenvalue weighted by molar-refractivity contribution is 5.88. The second kappa shape index (κ2) is 3.99. The van der Waals surface area contributed by atoms with Crippen LogP contribution in [-0.2, 0) is 13.2 Å². The molecule has 0 radical (unpaired) electrons.